The Labute approximate surface area is 111 Å². The van der Waals surface area contributed by atoms with E-state index in [4.69, 9.17) is 4.74 Å². The van der Waals surface area contributed by atoms with Gasteiger partial charge in [0.2, 0.25) is 5.91 Å². The molecule has 1 heterocycles. The molecule has 1 aliphatic heterocycles. The van der Waals surface area contributed by atoms with Crippen molar-refractivity contribution >= 4 is 17.7 Å². The number of carbonyl (C=O) groups excluding carboxylic acids is 1. The maximum Gasteiger partial charge on any atom is 0.238 e. The van der Waals surface area contributed by atoms with Crippen LogP contribution in [0.3, 0.4) is 0 Å². The zero-order valence-electron chi connectivity index (χ0n) is 10.4. The Bertz CT molecular complexity index is 406. The minimum absolute atomic E-state index is 0.0275. The average molecular weight is 266 g/mol. The largest absolute Gasteiger partial charge is 0.497 e. The van der Waals surface area contributed by atoms with Crippen LogP contribution in [-0.4, -0.2) is 37.2 Å². The van der Waals surface area contributed by atoms with Crippen molar-refractivity contribution in [1.82, 2.24) is 10.6 Å². The van der Waals surface area contributed by atoms with Gasteiger partial charge in [0.05, 0.1) is 13.2 Å². The normalized spacial score (nSPS) is 18.6. The van der Waals surface area contributed by atoms with E-state index in [2.05, 4.69) is 10.6 Å². The SMILES string of the molecule is COc1cccc(CCNC(=O)C2CSCN2)c1. The van der Waals surface area contributed by atoms with Crippen LogP contribution >= 0.6 is 11.8 Å². The minimum atomic E-state index is -0.0275. The number of nitrogens with one attached hydrogen (secondary N) is 2. The van der Waals surface area contributed by atoms with Crippen LogP contribution in [0, 0.1) is 0 Å². The van der Waals surface area contributed by atoms with Gasteiger partial charge in [-0.15, -0.1) is 11.8 Å². The van der Waals surface area contributed by atoms with Gasteiger partial charge >= 0.3 is 0 Å². The number of hydrogen-bond acceptors (Lipinski definition) is 4. The van der Waals surface area contributed by atoms with E-state index in [-0.39, 0.29) is 11.9 Å². The van der Waals surface area contributed by atoms with Gasteiger partial charge in [0.25, 0.3) is 0 Å². The number of methoxy groups -OCH3 is 1. The number of ether oxygens (including phenoxy) is 1. The molecule has 0 aromatic heterocycles. The summed E-state index contributed by atoms with van der Waals surface area (Å²) in [5.74, 6) is 2.69. The maximum absolute atomic E-state index is 11.7. The van der Waals surface area contributed by atoms with Gasteiger partial charge in [-0.1, -0.05) is 12.1 Å². The Kier molecular flexibility index (Phi) is 4.90. The molecule has 1 aliphatic rings. The Morgan fingerprint density at radius 2 is 2.50 bits per heavy atom. The molecular formula is C13H18N2O2S. The first-order chi connectivity index (χ1) is 8.79. The second-order valence-electron chi connectivity index (χ2n) is 4.16. The first-order valence-electron chi connectivity index (χ1n) is 6.01. The lowest BCUT2D eigenvalue weighted by Gasteiger charge is -2.10. The van der Waals surface area contributed by atoms with Crippen molar-refractivity contribution in [3.63, 3.8) is 0 Å². The fraction of sp³-hybridized carbons (Fsp3) is 0.462. The Morgan fingerprint density at radius 3 is 3.22 bits per heavy atom. The molecule has 2 N–H and O–H groups in total. The second-order valence-corrected chi connectivity index (χ2v) is 5.19. The van der Waals surface area contributed by atoms with E-state index in [1.165, 1.54) is 5.56 Å². The second kappa shape index (κ2) is 6.66. The minimum Gasteiger partial charge on any atom is -0.497 e. The Hall–Kier alpha value is -1.20. The van der Waals surface area contributed by atoms with Crippen LogP contribution < -0.4 is 15.4 Å². The van der Waals surface area contributed by atoms with Gasteiger partial charge in [0.1, 0.15) is 5.75 Å². The zero-order chi connectivity index (χ0) is 12.8. The van der Waals surface area contributed by atoms with Crippen LogP contribution in [0.1, 0.15) is 5.56 Å². The molecule has 1 aromatic carbocycles. The summed E-state index contributed by atoms with van der Waals surface area (Å²) in [6.07, 6.45) is 0.822. The molecule has 18 heavy (non-hydrogen) atoms. The van der Waals surface area contributed by atoms with Gasteiger partial charge in [0, 0.05) is 18.2 Å². The molecule has 1 aromatic rings. The number of carbonyl (C=O) groups is 1. The van der Waals surface area contributed by atoms with Crippen molar-refractivity contribution in [1.29, 1.82) is 0 Å². The van der Waals surface area contributed by atoms with Gasteiger partial charge in [-0.25, -0.2) is 0 Å². The third kappa shape index (κ3) is 3.65. The monoisotopic (exact) mass is 266 g/mol. The number of thioether (sulfide) groups is 1. The van der Waals surface area contributed by atoms with Crippen molar-refractivity contribution in [2.75, 3.05) is 25.3 Å². The molecule has 0 spiro atoms. The lowest BCUT2D eigenvalue weighted by Crippen LogP contribution is -2.42. The molecule has 5 heteroatoms. The first-order valence-corrected chi connectivity index (χ1v) is 7.17. The summed E-state index contributed by atoms with van der Waals surface area (Å²) in [6.45, 7) is 0.662. The zero-order valence-corrected chi connectivity index (χ0v) is 11.3. The summed E-state index contributed by atoms with van der Waals surface area (Å²) >= 11 is 1.76. The van der Waals surface area contributed by atoms with Crippen LogP contribution in [-0.2, 0) is 11.2 Å². The molecule has 98 valence electrons. The fourth-order valence-corrected chi connectivity index (χ4v) is 2.79. The molecule has 1 atom stereocenters. The third-order valence-corrected chi connectivity index (χ3v) is 3.82. The van der Waals surface area contributed by atoms with Crippen LogP contribution in [0.15, 0.2) is 24.3 Å². The van der Waals surface area contributed by atoms with E-state index >= 15 is 0 Å². The number of rotatable bonds is 5. The van der Waals surface area contributed by atoms with E-state index in [1.54, 1.807) is 18.9 Å². The van der Waals surface area contributed by atoms with Crippen molar-refractivity contribution in [3.8, 4) is 5.75 Å². The number of benzene rings is 1. The third-order valence-electron chi connectivity index (χ3n) is 2.88. The quantitative estimate of drug-likeness (QED) is 0.835. The van der Waals surface area contributed by atoms with Gasteiger partial charge in [-0.3, -0.25) is 10.1 Å². The molecule has 0 saturated carbocycles. The average Bonchev–Trinajstić information content (AvgIpc) is 2.93. The van der Waals surface area contributed by atoms with Gasteiger partial charge in [-0.2, -0.15) is 0 Å². The molecule has 1 unspecified atom stereocenters. The molecule has 0 aliphatic carbocycles. The van der Waals surface area contributed by atoms with Gasteiger partial charge in [-0.05, 0) is 24.1 Å². The maximum atomic E-state index is 11.7. The van der Waals surface area contributed by atoms with Gasteiger partial charge < -0.3 is 10.1 Å². The highest BCUT2D eigenvalue weighted by Gasteiger charge is 2.21. The number of hydrogen-bond donors (Lipinski definition) is 2. The van der Waals surface area contributed by atoms with Crippen LogP contribution in [0.2, 0.25) is 0 Å². The standard InChI is InChI=1S/C13H18N2O2S/c1-17-11-4-2-3-10(7-11)5-6-14-13(16)12-8-18-9-15-12/h2-4,7,12,15H,5-6,8-9H2,1H3,(H,14,16). The predicted molar refractivity (Wildman–Crippen MR) is 74.0 cm³/mol. The van der Waals surface area contributed by atoms with Crippen molar-refractivity contribution in [2.45, 2.75) is 12.5 Å². The van der Waals surface area contributed by atoms with E-state index in [9.17, 15) is 4.79 Å². The van der Waals surface area contributed by atoms with E-state index in [0.717, 1.165) is 23.8 Å². The Balaban J connectivity index is 1.75. The van der Waals surface area contributed by atoms with Crippen LogP contribution in [0.5, 0.6) is 5.75 Å². The van der Waals surface area contributed by atoms with Crippen molar-refractivity contribution in [2.24, 2.45) is 0 Å². The summed E-state index contributed by atoms with van der Waals surface area (Å²) in [7, 11) is 1.66. The van der Waals surface area contributed by atoms with Gasteiger partial charge in [0.15, 0.2) is 0 Å². The summed E-state index contributed by atoms with van der Waals surface area (Å²) in [4.78, 5) is 11.7. The fourth-order valence-electron chi connectivity index (χ4n) is 1.84. The molecule has 1 saturated heterocycles. The van der Waals surface area contributed by atoms with E-state index < -0.39 is 0 Å². The molecule has 1 fully saturated rings. The van der Waals surface area contributed by atoms with E-state index in [1.807, 2.05) is 24.3 Å². The highest BCUT2D eigenvalue weighted by Crippen LogP contribution is 2.13. The molecular weight excluding hydrogens is 248 g/mol. The van der Waals surface area contributed by atoms with Crippen molar-refractivity contribution in [3.05, 3.63) is 29.8 Å². The summed E-state index contributed by atoms with van der Waals surface area (Å²) in [5, 5.41) is 6.11. The number of amides is 1. The van der Waals surface area contributed by atoms with E-state index in [0.29, 0.717) is 6.54 Å². The predicted octanol–water partition coefficient (Wildman–Crippen LogP) is 1.02. The molecule has 0 bridgehead atoms. The Morgan fingerprint density at radius 1 is 1.61 bits per heavy atom. The molecule has 0 radical (unpaired) electrons. The summed E-state index contributed by atoms with van der Waals surface area (Å²) < 4.78 is 5.16. The smallest absolute Gasteiger partial charge is 0.238 e. The first kappa shape index (κ1) is 13.2. The molecule has 4 nitrogen and oxygen atoms in total. The highest BCUT2D eigenvalue weighted by molar-refractivity contribution is 7.99. The highest BCUT2D eigenvalue weighted by atomic mass is 32.2. The molecule has 1 amide bonds. The summed E-state index contributed by atoms with van der Waals surface area (Å²) in [5.41, 5.74) is 1.17. The lowest BCUT2D eigenvalue weighted by molar-refractivity contribution is -0.122. The topological polar surface area (TPSA) is 50.4 Å². The van der Waals surface area contributed by atoms with Crippen LogP contribution in [0.4, 0.5) is 0 Å². The molecule has 2 rings (SSSR count). The lowest BCUT2D eigenvalue weighted by atomic mass is 10.1. The van der Waals surface area contributed by atoms with Crippen LogP contribution in [0.25, 0.3) is 0 Å². The summed E-state index contributed by atoms with van der Waals surface area (Å²) in [6, 6.07) is 7.89. The van der Waals surface area contributed by atoms with Crippen molar-refractivity contribution < 1.29 is 9.53 Å².